The Morgan fingerprint density at radius 1 is 1.23 bits per heavy atom. The number of nitrogens with one attached hydrogen (secondary N) is 1. The summed E-state index contributed by atoms with van der Waals surface area (Å²) in [5.74, 6) is 1.12. The summed E-state index contributed by atoms with van der Waals surface area (Å²) in [6.07, 6.45) is 7.82. The Bertz CT molecular complexity index is 188. The summed E-state index contributed by atoms with van der Waals surface area (Å²) >= 11 is 0. The lowest BCUT2D eigenvalue weighted by molar-refractivity contribution is -0.118. The van der Waals surface area contributed by atoms with Gasteiger partial charge in [0.1, 0.15) is 5.78 Å². The quantitative estimate of drug-likeness (QED) is 0.669. The van der Waals surface area contributed by atoms with Gasteiger partial charge in [0.25, 0.3) is 0 Å². The molecule has 2 heteroatoms. The number of ketones is 1. The lowest BCUT2D eigenvalue weighted by Crippen LogP contribution is -2.34. The number of fused-ring (bicyclic) bond motifs is 1. The van der Waals surface area contributed by atoms with E-state index in [0.717, 1.165) is 12.3 Å². The fourth-order valence-electron chi connectivity index (χ4n) is 2.80. The molecule has 0 radical (unpaired) electrons. The number of Topliss-reactive ketones (excluding diaryl/α,β-unsaturated/α-hetero) is 1. The van der Waals surface area contributed by atoms with E-state index >= 15 is 0 Å². The van der Waals surface area contributed by atoms with E-state index in [1.54, 1.807) is 6.92 Å². The highest BCUT2D eigenvalue weighted by molar-refractivity contribution is 5.81. The molecule has 2 aliphatic rings. The van der Waals surface area contributed by atoms with Crippen LogP contribution in [0, 0.1) is 5.92 Å². The molecule has 0 aromatic rings. The molecule has 0 amide bonds. The van der Waals surface area contributed by atoms with E-state index in [1.165, 1.54) is 32.1 Å². The van der Waals surface area contributed by atoms with Crippen molar-refractivity contribution >= 4 is 5.78 Å². The topological polar surface area (TPSA) is 29.1 Å². The van der Waals surface area contributed by atoms with Gasteiger partial charge in [-0.05, 0) is 32.1 Å². The van der Waals surface area contributed by atoms with Crippen LogP contribution in [0.3, 0.4) is 0 Å². The predicted octanol–water partition coefficient (Wildman–Crippen LogP) is 1.89. The highest BCUT2D eigenvalue weighted by Gasteiger charge is 2.35. The van der Waals surface area contributed by atoms with E-state index < -0.39 is 0 Å². The monoisotopic (exact) mass is 181 g/mol. The third-order valence-corrected chi connectivity index (χ3v) is 3.60. The van der Waals surface area contributed by atoms with Crippen molar-refractivity contribution in [1.82, 2.24) is 5.32 Å². The fourth-order valence-corrected chi connectivity index (χ4v) is 2.80. The molecule has 1 N–H and O–H groups in total. The van der Waals surface area contributed by atoms with Crippen LogP contribution in [-0.2, 0) is 4.79 Å². The van der Waals surface area contributed by atoms with Crippen molar-refractivity contribution in [3.05, 3.63) is 0 Å². The van der Waals surface area contributed by atoms with Gasteiger partial charge < -0.3 is 5.32 Å². The molecule has 2 fully saturated rings. The molecule has 1 heterocycles. The van der Waals surface area contributed by atoms with Gasteiger partial charge in [-0.2, -0.15) is 0 Å². The Morgan fingerprint density at radius 3 is 2.77 bits per heavy atom. The summed E-state index contributed by atoms with van der Waals surface area (Å²) in [7, 11) is 0. The minimum Gasteiger partial charge on any atom is -0.304 e. The predicted molar refractivity (Wildman–Crippen MR) is 52.6 cm³/mol. The van der Waals surface area contributed by atoms with Gasteiger partial charge in [0, 0.05) is 6.04 Å². The molecule has 2 rings (SSSR count). The third-order valence-electron chi connectivity index (χ3n) is 3.60. The SMILES string of the molecule is CC(=O)C1CC2CCCCCC2N1. The zero-order valence-electron chi connectivity index (χ0n) is 8.38. The van der Waals surface area contributed by atoms with Crippen LogP contribution in [0.1, 0.15) is 45.4 Å². The van der Waals surface area contributed by atoms with E-state index in [2.05, 4.69) is 5.32 Å². The van der Waals surface area contributed by atoms with Gasteiger partial charge in [-0.15, -0.1) is 0 Å². The van der Waals surface area contributed by atoms with Crippen molar-refractivity contribution in [2.45, 2.75) is 57.5 Å². The Morgan fingerprint density at radius 2 is 2.00 bits per heavy atom. The zero-order chi connectivity index (χ0) is 9.26. The molecule has 1 saturated heterocycles. The van der Waals surface area contributed by atoms with E-state index in [4.69, 9.17) is 0 Å². The van der Waals surface area contributed by atoms with Gasteiger partial charge >= 0.3 is 0 Å². The second-order valence-corrected chi connectivity index (χ2v) is 4.57. The molecule has 3 atom stereocenters. The zero-order valence-corrected chi connectivity index (χ0v) is 8.38. The van der Waals surface area contributed by atoms with Crippen LogP contribution in [-0.4, -0.2) is 17.9 Å². The lowest BCUT2D eigenvalue weighted by atomic mass is 9.94. The Hall–Kier alpha value is -0.370. The molecule has 1 aliphatic carbocycles. The molecule has 1 aliphatic heterocycles. The van der Waals surface area contributed by atoms with Crippen LogP contribution in [0.5, 0.6) is 0 Å². The van der Waals surface area contributed by atoms with Crippen molar-refractivity contribution in [2.75, 3.05) is 0 Å². The molecule has 0 bridgehead atoms. The van der Waals surface area contributed by atoms with Gasteiger partial charge in [0.15, 0.2) is 0 Å². The highest BCUT2D eigenvalue weighted by Crippen LogP contribution is 2.32. The maximum Gasteiger partial charge on any atom is 0.146 e. The molecule has 0 aromatic carbocycles. The maximum absolute atomic E-state index is 11.2. The summed E-state index contributed by atoms with van der Waals surface area (Å²) in [5.41, 5.74) is 0. The van der Waals surface area contributed by atoms with Crippen molar-refractivity contribution in [3.8, 4) is 0 Å². The first-order chi connectivity index (χ1) is 6.27. The molecule has 74 valence electrons. The average Bonchev–Trinajstić information content (AvgIpc) is 2.38. The summed E-state index contributed by atoms with van der Waals surface area (Å²) in [5, 5.41) is 3.48. The van der Waals surface area contributed by atoms with Crippen molar-refractivity contribution in [3.63, 3.8) is 0 Å². The number of carbonyl (C=O) groups excluding carboxylic acids is 1. The van der Waals surface area contributed by atoms with E-state index in [1.807, 2.05) is 0 Å². The Balaban J connectivity index is 1.97. The van der Waals surface area contributed by atoms with Gasteiger partial charge in [0.05, 0.1) is 6.04 Å². The van der Waals surface area contributed by atoms with E-state index in [0.29, 0.717) is 11.8 Å². The van der Waals surface area contributed by atoms with Gasteiger partial charge in [-0.25, -0.2) is 0 Å². The van der Waals surface area contributed by atoms with Crippen LogP contribution in [0.25, 0.3) is 0 Å². The normalized spacial score (nSPS) is 39.6. The van der Waals surface area contributed by atoms with Crippen LogP contribution >= 0.6 is 0 Å². The molecule has 2 nitrogen and oxygen atoms in total. The van der Waals surface area contributed by atoms with E-state index in [9.17, 15) is 4.79 Å². The first kappa shape index (κ1) is 9.20. The molecular weight excluding hydrogens is 162 g/mol. The summed E-state index contributed by atoms with van der Waals surface area (Å²) in [6, 6.07) is 0.824. The van der Waals surface area contributed by atoms with Gasteiger partial charge in [-0.1, -0.05) is 19.3 Å². The summed E-state index contributed by atoms with van der Waals surface area (Å²) < 4.78 is 0. The second-order valence-electron chi connectivity index (χ2n) is 4.57. The largest absolute Gasteiger partial charge is 0.304 e. The maximum atomic E-state index is 11.2. The molecule has 0 aromatic heterocycles. The minimum absolute atomic E-state index is 0.174. The molecule has 0 spiro atoms. The summed E-state index contributed by atoms with van der Waals surface area (Å²) in [6.45, 7) is 1.71. The molecular formula is C11H19NO. The minimum atomic E-state index is 0.174. The lowest BCUT2D eigenvalue weighted by Gasteiger charge is -2.14. The van der Waals surface area contributed by atoms with Crippen molar-refractivity contribution in [2.24, 2.45) is 5.92 Å². The first-order valence-electron chi connectivity index (χ1n) is 5.54. The van der Waals surface area contributed by atoms with Crippen LogP contribution in [0.2, 0.25) is 0 Å². The van der Waals surface area contributed by atoms with E-state index in [-0.39, 0.29) is 6.04 Å². The number of rotatable bonds is 1. The Labute approximate surface area is 80.1 Å². The van der Waals surface area contributed by atoms with Gasteiger partial charge in [-0.3, -0.25) is 4.79 Å². The smallest absolute Gasteiger partial charge is 0.146 e. The fraction of sp³-hybridized carbons (Fsp3) is 0.909. The second kappa shape index (κ2) is 3.79. The van der Waals surface area contributed by atoms with Crippen molar-refractivity contribution < 1.29 is 4.79 Å². The van der Waals surface area contributed by atoms with Crippen LogP contribution in [0.15, 0.2) is 0 Å². The summed E-state index contributed by atoms with van der Waals surface area (Å²) in [4.78, 5) is 11.2. The third kappa shape index (κ3) is 1.93. The number of hydrogen-bond donors (Lipinski definition) is 1. The van der Waals surface area contributed by atoms with Crippen molar-refractivity contribution in [1.29, 1.82) is 0 Å². The number of carbonyl (C=O) groups is 1. The highest BCUT2D eigenvalue weighted by atomic mass is 16.1. The standard InChI is InChI=1S/C11H19NO/c1-8(13)11-7-9-5-3-2-4-6-10(9)12-11/h9-12H,2-7H2,1H3. The number of hydrogen-bond acceptors (Lipinski definition) is 2. The average molecular weight is 181 g/mol. The molecule has 3 unspecified atom stereocenters. The van der Waals surface area contributed by atoms with Gasteiger partial charge in [0.2, 0.25) is 0 Å². The first-order valence-corrected chi connectivity index (χ1v) is 5.54. The Kier molecular flexibility index (Phi) is 2.68. The molecule has 13 heavy (non-hydrogen) atoms. The molecule has 1 saturated carbocycles. The van der Waals surface area contributed by atoms with Crippen LogP contribution in [0.4, 0.5) is 0 Å². The van der Waals surface area contributed by atoms with Crippen LogP contribution < -0.4 is 5.32 Å².